The van der Waals surface area contributed by atoms with Gasteiger partial charge in [0.05, 0.1) is 37.8 Å². The number of carbonyl (C=O) groups excluding carboxylic acids is 1. The van der Waals surface area contributed by atoms with Gasteiger partial charge >= 0.3 is 0 Å². The summed E-state index contributed by atoms with van der Waals surface area (Å²) in [6.07, 6.45) is 0.552. The van der Waals surface area contributed by atoms with Gasteiger partial charge in [-0.05, 0) is 42.3 Å². The standard InChI is InChI=1S/C20H25ClN2O6S/c1-23(30(25,26)15-6-8-17(27-2)16(21)12-15)13-20(24)22-10-9-14-5-7-18(28-3)19(11-14)29-4/h5-8,11-12H,9-10,13H2,1-4H3,(H,22,24). The van der Waals surface area contributed by atoms with Gasteiger partial charge in [0.2, 0.25) is 15.9 Å². The molecule has 2 aromatic rings. The molecule has 0 unspecified atom stereocenters. The summed E-state index contributed by atoms with van der Waals surface area (Å²) in [6, 6.07) is 9.63. The van der Waals surface area contributed by atoms with Crippen molar-refractivity contribution < 1.29 is 27.4 Å². The molecule has 0 aliphatic heterocycles. The Morgan fingerprint density at radius 2 is 1.63 bits per heavy atom. The van der Waals surface area contributed by atoms with Crippen molar-refractivity contribution in [3.8, 4) is 17.2 Å². The van der Waals surface area contributed by atoms with Crippen molar-refractivity contribution in [3.05, 3.63) is 47.0 Å². The zero-order valence-corrected chi connectivity index (χ0v) is 18.8. The van der Waals surface area contributed by atoms with Gasteiger partial charge in [-0.1, -0.05) is 17.7 Å². The van der Waals surface area contributed by atoms with E-state index in [1.165, 1.54) is 32.4 Å². The largest absolute Gasteiger partial charge is 0.495 e. The van der Waals surface area contributed by atoms with Crippen LogP contribution in [0, 0.1) is 0 Å². The molecule has 2 rings (SSSR count). The highest BCUT2D eigenvalue weighted by Gasteiger charge is 2.24. The molecular weight excluding hydrogens is 432 g/mol. The van der Waals surface area contributed by atoms with Crippen molar-refractivity contribution in [2.45, 2.75) is 11.3 Å². The smallest absolute Gasteiger partial charge is 0.243 e. The van der Waals surface area contributed by atoms with Crippen LogP contribution in [0.25, 0.3) is 0 Å². The number of benzene rings is 2. The Morgan fingerprint density at radius 3 is 2.23 bits per heavy atom. The predicted octanol–water partition coefficient (Wildman–Crippen LogP) is 2.35. The number of likely N-dealkylation sites (N-methyl/N-ethyl adjacent to an activating group) is 1. The van der Waals surface area contributed by atoms with E-state index in [-0.39, 0.29) is 16.5 Å². The minimum absolute atomic E-state index is 0.0195. The first-order valence-electron chi connectivity index (χ1n) is 9.00. The monoisotopic (exact) mass is 456 g/mol. The molecule has 0 atom stereocenters. The number of nitrogens with one attached hydrogen (secondary N) is 1. The molecule has 30 heavy (non-hydrogen) atoms. The third-order valence-corrected chi connectivity index (χ3v) is 6.48. The van der Waals surface area contributed by atoms with E-state index in [9.17, 15) is 13.2 Å². The van der Waals surface area contributed by atoms with Crippen LogP contribution in [-0.4, -0.2) is 60.1 Å². The van der Waals surface area contributed by atoms with E-state index in [0.29, 0.717) is 30.2 Å². The average Bonchev–Trinajstić information content (AvgIpc) is 2.73. The van der Waals surface area contributed by atoms with Gasteiger partial charge < -0.3 is 19.5 Å². The van der Waals surface area contributed by atoms with Gasteiger partial charge in [-0.15, -0.1) is 0 Å². The summed E-state index contributed by atoms with van der Waals surface area (Å²) in [5, 5.41) is 2.89. The summed E-state index contributed by atoms with van der Waals surface area (Å²) in [5.74, 6) is 1.17. The Labute approximate surface area is 181 Å². The minimum Gasteiger partial charge on any atom is -0.495 e. The van der Waals surface area contributed by atoms with Gasteiger partial charge in [0.1, 0.15) is 5.75 Å². The van der Waals surface area contributed by atoms with E-state index in [0.717, 1.165) is 9.87 Å². The van der Waals surface area contributed by atoms with Gasteiger partial charge in [0.15, 0.2) is 11.5 Å². The highest BCUT2D eigenvalue weighted by atomic mass is 35.5. The molecule has 1 N–H and O–H groups in total. The van der Waals surface area contributed by atoms with Crippen molar-refractivity contribution in [3.63, 3.8) is 0 Å². The van der Waals surface area contributed by atoms with Crippen molar-refractivity contribution in [1.29, 1.82) is 0 Å². The number of methoxy groups -OCH3 is 3. The molecule has 8 nitrogen and oxygen atoms in total. The van der Waals surface area contributed by atoms with E-state index >= 15 is 0 Å². The number of amides is 1. The van der Waals surface area contributed by atoms with Crippen LogP contribution in [0.4, 0.5) is 0 Å². The summed E-state index contributed by atoms with van der Waals surface area (Å²) in [4.78, 5) is 12.2. The molecule has 0 saturated carbocycles. The highest BCUT2D eigenvalue weighted by molar-refractivity contribution is 7.89. The molecule has 0 radical (unpaired) electrons. The van der Waals surface area contributed by atoms with Crippen molar-refractivity contribution in [1.82, 2.24) is 9.62 Å². The summed E-state index contributed by atoms with van der Waals surface area (Å²) < 4.78 is 41.8. The van der Waals surface area contributed by atoms with Crippen molar-refractivity contribution >= 4 is 27.5 Å². The fourth-order valence-electron chi connectivity index (χ4n) is 2.71. The molecule has 0 aromatic heterocycles. The van der Waals surface area contributed by atoms with E-state index in [4.69, 9.17) is 25.8 Å². The number of nitrogens with zero attached hydrogens (tertiary/aromatic N) is 1. The normalized spacial score (nSPS) is 11.3. The molecule has 2 aromatic carbocycles. The number of carbonyl (C=O) groups is 1. The molecule has 0 heterocycles. The Balaban J connectivity index is 1.93. The maximum Gasteiger partial charge on any atom is 0.243 e. The fraction of sp³-hybridized carbons (Fsp3) is 0.350. The van der Waals surface area contributed by atoms with Crippen LogP contribution in [0.15, 0.2) is 41.3 Å². The summed E-state index contributed by atoms with van der Waals surface area (Å²) in [5.41, 5.74) is 0.946. The number of ether oxygens (including phenoxy) is 3. The van der Waals surface area contributed by atoms with Crippen LogP contribution in [0.2, 0.25) is 5.02 Å². The van der Waals surface area contributed by atoms with E-state index in [2.05, 4.69) is 5.32 Å². The molecule has 0 spiro atoms. The van der Waals surface area contributed by atoms with Crippen LogP contribution in [0.3, 0.4) is 0 Å². The fourth-order valence-corrected chi connectivity index (χ4v) is 4.19. The zero-order valence-electron chi connectivity index (χ0n) is 17.3. The number of hydrogen-bond donors (Lipinski definition) is 1. The number of rotatable bonds is 10. The Hall–Kier alpha value is -2.49. The van der Waals surface area contributed by atoms with Gasteiger partial charge in [-0.2, -0.15) is 4.31 Å². The van der Waals surface area contributed by atoms with Gasteiger partial charge in [-0.3, -0.25) is 4.79 Å². The van der Waals surface area contributed by atoms with E-state index in [1.54, 1.807) is 20.3 Å². The summed E-state index contributed by atoms with van der Waals surface area (Å²) in [7, 11) is 2.01. The third kappa shape index (κ3) is 5.78. The topological polar surface area (TPSA) is 94.2 Å². The lowest BCUT2D eigenvalue weighted by Gasteiger charge is -2.17. The molecule has 1 amide bonds. The van der Waals surface area contributed by atoms with E-state index < -0.39 is 15.9 Å². The quantitative estimate of drug-likeness (QED) is 0.589. The van der Waals surface area contributed by atoms with Crippen LogP contribution in [-0.2, 0) is 21.2 Å². The summed E-state index contributed by atoms with van der Waals surface area (Å²) in [6.45, 7) is 0.0223. The van der Waals surface area contributed by atoms with Gasteiger partial charge in [0.25, 0.3) is 0 Å². The minimum atomic E-state index is -3.87. The maximum atomic E-state index is 12.7. The van der Waals surface area contributed by atoms with Gasteiger partial charge in [0, 0.05) is 13.6 Å². The third-order valence-electron chi connectivity index (χ3n) is 4.38. The molecule has 0 bridgehead atoms. The first-order chi connectivity index (χ1) is 14.2. The lowest BCUT2D eigenvalue weighted by molar-refractivity contribution is -0.121. The molecule has 10 heteroatoms. The van der Waals surface area contributed by atoms with Crippen LogP contribution in [0.5, 0.6) is 17.2 Å². The van der Waals surface area contributed by atoms with Crippen LogP contribution < -0.4 is 19.5 Å². The first kappa shape index (κ1) is 23.8. The zero-order chi connectivity index (χ0) is 22.3. The molecule has 0 saturated heterocycles. The number of hydrogen-bond acceptors (Lipinski definition) is 6. The van der Waals surface area contributed by atoms with Crippen LogP contribution >= 0.6 is 11.6 Å². The second-order valence-electron chi connectivity index (χ2n) is 6.35. The Bertz CT molecular complexity index is 997. The Kier molecular flexibility index (Phi) is 8.33. The first-order valence-corrected chi connectivity index (χ1v) is 10.8. The second kappa shape index (κ2) is 10.5. The van der Waals surface area contributed by atoms with Gasteiger partial charge in [-0.25, -0.2) is 8.42 Å². The predicted molar refractivity (Wildman–Crippen MR) is 114 cm³/mol. The lowest BCUT2D eigenvalue weighted by Crippen LogP contribution is -2.39. The van der Waals surface area contributed by atoms with Crippen LogP contribution in [0.1, 0.15) is 5.56 Å². The molecular formula is C20H25ClN2O6S. The highest BCUT2D eigenvalue weighted by Crippen LogP contribution is 2.28. The SMILES string of the molecule is COc1ccc(S(=O)(=O)N(C)CC(=O)NCCc2ccc(OC)c(OC)c2)cc1Cl. The molecule has 0 aliphatic rings. The van der Waals surface area contributed by atoms with E-state index in [1.807, 2.05) is 12.1 Å². The number of halogens is 1. The molecule has 0 aliphatic carbocycles. The average molecular weight is 457 g/mol. The molecule has 164 valence electrons. The lowest BCUT2D eigenvalue weighted by atomic mass is 10.1. The van der Waals surface area contributed by atoms with Crippen molar-refractivity contribution in [2.24, 2.45) is 0 Å². The second-order valence-corrected chi connectivity index (χ2v) is 8.80. The Morgan fingerprint density at radius 1 is 1.00 bits per heavy atom. The number of sulfonamides is 1. The maximum absolute atomic E-state index is 12.7. The van der Waals surface area contributed by atoms with Crippen molar-refractivity contribution in [2.75, 3.05) is 41.5 Å². The molecule has 0 fully saturated rings. The summed E-state index contributed by atoms with van der Waals surface area (Å²) >= 11 is 6.01.